The van der Waals surface area contributed by atoms with Crippen LogP contribution in [0.25, 0.3) is 0 Å². The molecule has 0 unspecified atom stereocenters. The van der Waals surface area contributed by atoms with E-state index in [1.807, 2.05) is 75.4 Å². The normalized spacial score (nSPS) is 18.4. The van der Waals surface area contributed by atoms with E-state index in [0.29, 0.717) is 11.8 Å². The van der Waals surface area contributed by atoms with Crippen LogP contribution in [-0.4, -0.2) is 28.8 Å². The molecule has 1 fully saturated rings. The number of anilines is 2. The Morgan fingerprint density at radius 3 is 2.48 bits per heavy atom. The lowest BCUT2D eigenvalue weighted by molar-refractivity contribution is 0.0685. The molecule has 1 aliphatic heterocycles. The Balaban J connectivity index is 1.65. The molecule has 2 aromatic carbocycles. The van der Waals surface area contributed by atoms with E-state index in [1.165, 1.54) is 0 Å². The van der Waals surface area contributed by atoms with Crippen molar-refractivity contribution in [3.8, 4) is 5.75 Å². The fourth-order valence-electron chi connectivity index (χ4n) is 3.88. The summed E-state index contributed by atoms with van der Waals surface area (Å²) in [6.07, 6.45) is 1.21. The van der Waals surface area contributed by atoms with Gasteiger partial charge in [-0.15, -0.1) is 0 Å². The number of hydrogen-bond donors (Lipinski definition) is 1. The molecule has 2 heterocycles. The number of hydrogen-bond acceptors (Lipinski definition) is 6. The smallest absolute Gasteiger partial charge is 0.416 e. The number of nitrogens with zero attached hydrogens (tertiary/aromatic N) is 3. The molecule has 31 heavy (non-hydrogen) atoms. The highest BCUT2D eigenvalue weighted by atomic mass is 16.6. The number of ether oxygens (including phenoxy) is 2. The predicted molar refractivity (Wildman–Crippen MR) is 119 cm³/mol. The summed E-state index contributed by atoms with van der Waals surface area (Å²) >= 11 is 0. The van der Waals surface area contributed by atoms with E-state index in [-0.39, 0.29) is 12.1 Å². The summed E-state index contributed by atoms with van der Waals surface area (Å²) in [5, 5.41) is 3.31. The third kappa shape index (κ3) is 4.17. The zero-order chi connectivity index (χ0) is 22.0. The largest absolute Gasteiger partial charge is 0.497 e. The second-order valence-electron chi connectivity index (χ2n) is 8.03. The maximum Gasteiger partial charge on any atom is 0.416 e. The Hall–Kier alpha value is -3.61. The molecule has 0 radical (unpaired) electrons. The number of carbonyl (C=O) groups excluding carboxylic acids is 1. The van der Waals surface area contributed by atoms with Crippen molar-refractivity contribution in [1.82, 2.24) is 9.97 Å². The zero-order valence-corrected chi connectivity index (χ0v) is 18.1. The van der Waals surface area contributed by atoms with Crippen LogP contribution >= 0.6 is 0 Å². The molecule has 1 aromatic heterocycles. The lowest BCUT2D eigenvalue weighted by Gasteiger charge is -2.29. The monoisotopic (exact) mass is 418 g/mol. The van der Waals surface area contributed by atoms with Crippen LogP contribution in [0, 0.1) is 0 Å². The minimum Gasteiger partial charge on any atom is -0.497 e. The number of cyclic esters (lactones) is 1. The Morgan fingerprint density at radius 2 is 1.81 bits per heavy atom. The highest BCUT2D eigenvalue weighted by Gasteiger charge is 2.50. The molecule has 1 amide bonds. The SMILES string of the molecule is COc1ccc([C@@H]2N(c3ccnc(N[C@@H](C)c4ccccc4)n3)C(=O)OC2(C)C)cc1. The van der Waals surface area contributed by atoms with Gasteiger partial charge < -0.3 is 14.8 Å². The fourth-order valence-corrected chi connectivity index (χ4v) is 3.88. The van der Waals surface area contributed by atoms with Gasteiger partial charge >= 0.3 is 6.09 Å². The van der Waals surface area contributed by atoms with Crippen molar-refractivity contribution in [1.29, 1.82) is 0 Å². The standard InChI is InChI=1S/C24H26N4O3/c1-16(17-8-6-5-7-9-17)26-22-25-15-14-20(27-22)28-21(24(2,3)31-23(28)29)18-10-12-19(30-4)13-11-18/h5-16,21H,1-4H3,(H,25,26,27)/t16-,21-/m0/s1. The van der Waals surface area contributed by atoms with E-state index in [2.05, 4.69) is 15.3 Å². The van der Waals surface area contributed by atoms with Crippen molar-refractivity contribution in [2.45, 2.75) is 38.5 Å². The maximum atomic E-state index is 12.9. The van der Waals surface area contributed by atoms with Crippen molar-refractivity contribution in [3.05, 3.63) is 78.0 Å². The molecule has 3 aromatic rings. The number of benzene rings is 2. The van der Waals surface area contributed by atoms with Gasteiger partial charge in [0.2, 0.25) is 5.95 Å². The molecule has 1 saturated heterocycles. The molecule has 1 N–H and O–H groups in total. The highest BCUT2D eigenvalue weighted by Crippen LogP contribution is 2.43. The van der Waals surface area contributed by atoms with Crippen molar-refractivity contribution in [2.75, 3.05) is 17.3 Å². The van der Waals surface area contributed by atoms with E-state index in [0.717, 1.165) is 16.9 Å². The summed E-state index contributed by atoms with van der Waals surface area (Å²) < 4.78 is 11.0. The summed E-state index contributed by atoms with van der Waals surface area (Å²) in [7, 11) is 1.62. The molecule has 4 rings (SSSR count). The molecule has 0 bridgehead atoms. The fraction of sp³-hybridized carbons (Fsp3) is 0.292. The molecule has 0 saturated carbocycles. The molecule has 0 spiro atoms. The van der Waals surface area contributed by atoms with Gasteiger partial charge in [0.15, 0.2) is 0 Å². The topological polar surface area (TPSA) is 76.6 Å². The van der Waals surface area contributed by atoms with Gasteiger partial charge in [-0.05, 0) is 50.1 Å². The van der Waals surface area contributed by atoms with Crippen LogP contribution < -0.4 is 15.0 Å². The van der Waals surface area contributed by atoms with E-state index in [4.69, 9.17) is 9.47 Å². The third-order valence-corrected chi connectivity index (χ3v) is 5.43. The summed E-state index contributed by atoms with van der Waals surface area (Å²) in [6, 6.07) is 19.1. The molecular weight excluding hydrogens is 392 g/mol. The van der Waals surface area contributed by atoms with Crippen LogP contribution in [0.2, 0.25) is 0 Å². The van der Waals surface area contributed by atoms with Gasteiger partial charge in [-0.25, -0.2) is 14.7 Å². The Labute approximate surface area is 182 Å². The minimum atomic E-state index is -0.735. The molecular formula is C24H26N4O3. The van der Waals surface area contributed by atoms with Crippen LogP contribution in [0.1, 0.15) is 44.0 Å². The number of nitrogens with one attached hydrogen (secondary N) is 1. The average Bonchev–Trinajstić information content (AvgIpc) is 3.02. The van der Waals surface area contributed by atoms with Crippen LogP contribution in [0.4, 0.5) is 16.6 Å². The number of carbonyl (C=O) groups is 1. The van der Waals surface area contributed by atoms with Crippen molar-refractivity contribution < 1.29 is 14.3 Å². The molecule has 7 nitrogen and oxygen atoms in total. The predicted octanol–water partition coefficient (Wildman–Crippen LogP) is 5.13. The first-order valence-corrected chi connectivity index (χ1v) is 10.2. The molecule has 2 atom stereocenters. The van der Waals surface area contributed by atoms with Crippen LogP contribution in [-0.2, 0) is 4.74 Å². The first kappa shape index (κ1) is 20.7. The average molecular weight is 418 g/mol. The van der Waals surface area contributed by atoms with E-state index < -0.39 is 11.7 Å². The zero-order valence-electron chi connectivity index (χ0n) is 18.1. The van der Waals surface area contributed by atoms with Crippen molar-refractivity contribution in [3.63, 3.8) is 0 Å². The summed E-state index contributed by atoms with van der Waals surface area (Å²) in [6.45, 7) is 5.84. The van der Waals surface area contributed by atoms with Gasteiger partial charge in [-0.3, -0.25) is 0 Å². The second kappa shape index (κ2) is 8.26. The van der Waals surface area contributed by atoms with Crippen LogP contribution in [0.15, 0.2) is 66.9 Å². The first-order valence-electron chi connectivity index (χ1n) is 10.2. The van der Waals surface area contributed by atoms with Gasteiger partial charge in [-0.2, -0.15) is 4.98 Å². The first-order chi connectivity index (χ1) is 14.9. The summed E-state index contributed by atoms with van der Waals surface area (Å²) in [5.41, 5.74) is 1.32. The van der Waals surface area contributed by atoms with E-state index >= 15 is 0 Å². The summed E-state index contributed by atoms with van der Waals surface area (Å²) in [5.74, 6) is 1.68. The van der Waals surface area contributed by atoms with Gasteiger partial charge in [-0.1, -0.05) is 42.5 Å². The third-order valence-electron chi connectivity index (χ3n) is 5.43. The lowest BCUT2D eigenvalue weighted by Crippen LogP contribution is -2.34. The number of aromatic nitrogens is 2. The van der Waals surface area contributed by atoms with Gasteiger partial charge in [0, 0.05) is 6.20 Å². The van der Waals surface area contributed by atoms with Crippen LogP contribution in [0.5, 0.6) is 5.75 Å². The number of methoxy groups -OCH3 is 1. The Bertz CT molecular complexity index is 1050. The summed E-state index contributed by atoms with van der Waals surface area (Å²) in [4.78, 5) is 23.4. The van der Waals surface area contributed by atoms with Crippen molar-refractivity contribution in [2.24, 2.45) is 0 Å². The molecule has 160 valence electrons. The molecule has 0 aliphatic carbocycles. The molecule has 1 aliphatic rings. The number of amides is 1. The second-order valence-corrected chi connectivity index (χ2v) is 8.03. The minimum absolute atomic E-state index is 0.0100. The Kier molecular flexibility index (Phi) is 5.50. The Morgan fingerprint density at radius 1 is 1.10 bits per heavy atom. The van der Waals surface area contributed by atoms with E-state index in [1.54, 1.807) is 24.3 Å². The van der Waals surface area contributed by atoms with Crippen molar-refractivity contribution >= 4 is 17.9 Å². The van der Waals surface area contributed by atoms with Gasteiger partial charge in [0.05, 0.1) is 13.2 Å². The van der Waals surface area contributed by atoms with Crippen LogP contribution in [0.3, 0.4) is 0 Å². The van der Waals surface area contributed by atoms with E-state index in [9.17, 15) is 4.79 Å². The quantitative estimate of drug-likeness (QED) is 0.598. The number of rotatable bonds is 6. The van der Waals surface area contributed by atoms with Gasteiger partial charge in [0.25, 0.3) is 0 Å². The lowest BCUT2D eigenvalue weighted by atomic mass is 9.91. The molecule has 7 heteroatoms. The van der Waals surface area contributed by atoms with Gasteiger partial charge in [0.1, 0.15) is 23.2 Å². The maximum absolute atomic E-state index is 12.9. The highest BCUT2D eigenvalue weighted by molar-refractivity contribution is 5.90.